The Kier molecular flexibility index (Phi) is 4.72. The van der Waals surface area contributed by atoms with E-state index in [0.29, 0.717) is 6.61 Å². The molecule has 3 N–H and O–H groups in total. The number of carbonyl (C=O) groups is 3. The zero-order valence-corrected chi connectivity index (χ0v) is 11.5. The van der Waals surface area contributed by atoms with Crippen molar-refractivity contribution in [3.63, 3.8) is 0 Å². The van der Waals surface area contributed by atoms with Gasteiger partial charge in [-0.2, -0.15) is 0 Å². The quantitative estimate of drug-likeness (QED) is 0.561. The van der Waals surface area contributed by atoms with Crippen LogP contribution in [0.4, 0.5) is 0 Å². The largest absolute Gasteiger partial charge is 0.500 e. The third-order valence-corrected chi connectivity index (χ3v) is 3.02. The molecule has 0 radical (unpaired) electrons. The van der Waals surface area contributed by atoms with Gasteiger partial charge in [-0.15, -0.1) is 0 Å². The number of nitrogens with zero attached hydrogens (tertiary/aromatic N) is 1. The number of carboxylic acid groups (broad SMARTS) is 1. The average molecular weight is 286 g/mol. The summed E-state index contributed by atoms with van der Waals surface area (Å²) < 4.78 is 5.03. The summed E-state index contributed by atoms with van der Waals surface area (Å²) in [5.41, 5.74) is -1.80. The lowest BCUT2D eigenvalue weighted by molar-refractivity contribution is -0.146. The normalized spacial score (nSPS) is 27.8. The zero-order valence-electron chi connectivity index (χ0n) is 11.5. The molecule has 0 spiro atoms. The Bertz CT molecular complexity index is 443. The molecule has 1 aliphatic heterocycles. The average Bonchev–Trinajstić information content (AvgIpc) is 2.49. The van der Waals surface area contributed by atoms with Crippen LogP contribution in [0.5, 0.6) is 0 Å². The highest BCUT2D eigenvalue weighted by Gasteiger charge is 2.57. The highest BCUT2D eigenvalue weighted by atomic mass is 16.5. The number of aliphatic carboxylic acids is 1. The van der Waals surface area contributed by atoms with Gasteiger partial charge in [-0.1, -0.05) is 0 Å². The second-order valence-corrected chi connectivity index (χ2v) is 4.49. The number of hydrogen-bond donors (Lipinski definition) is 3. The summed E-state index contributed by atoms with van der Waals surface area (Å²) in [5.74, 6) is -2.62. The lowest BCUT2D eigenvalue weighted by Crippen LogP contribution is -2.60. The van der Waals surface area contributed by atoms with Crippen LogP contribution in [0.25, 0.3) is 0 Å². The van der Waals surface area contributed by atoms with Crippen LogP contribution in [0.2, 0.25) is 0 Å². The predicted molar refractivity (Wildman–Crippen MR) is 67.3 cm³/mol. The Morgan fingerprint density at radius 1 is 1.55 bits per heavy atom. The van der Waals surface area contributed by atoms with Crippen molar-refractivity contribution in [3.05, 3.63) is 12.0 Å². The van der Waals surface area contributed by atoms with Crippen molar-refractivity contribution in [1.29, 1.82) is 0 Å². The Balaban J connectivity index is 3.25. The van der Waals surface area contributed by atoms with Gasteiger partial charge in [0, 0.05) is 14.0 Å². The summed E-state index contributed by atoms with van der Waals surface area (Å²) in [4.78, 5) is 35.6. The van der Waals surface area contributed by atoms with Crippen molar-refractivity contribution in [1.82, 2.24) is 10.2 Å². The number of aliphatic hydroxyl groups is 1. The van der Waals surface area contributed by atoms with Gasteiger partial charge in [0.25, 0.3) is 5.91 Å². The molecule has 0 saturated carbocycles. The van der Waals surface area contributed by atoms with Gasteiger partial charge in [0.15, 0.2) is 5.54 Å². The molecule has 112 valence electrons. The fourth-order valence-corrected chi connectivity index (χ4v) is 2.17. The molecular weight excluding hydrogens is 268 g/mol. The molecule has 0 bridgehead atoms. The van der Waals surface area contributed by atoms with Crippen LogP contribution in [0.1, 0.15) is 20.3 Å². The lowest BCUT2D eigenvalue weighted by Gasteiger charge is -2.28. The first kappa shape index (κ1) is 16.0. The molecule has 1 rings (SSSR count). The van der Waals surface area contributed by atoms with Crippen LogP contribution in [0.3, 0.4) is 0 Å². The number of hydrogen-bond acceptors (Lipinski definition) is 5. The maximum absolute atomic E-state index is 12.3. The van der Waals surface area contributed by atoms with Gasteiger partial charge in [0.2, 0.25) is 5.91 Å². The highest BCUT2D eigenvalue weighted by Crippen LogP contribution is 2.33. The first-order chi connectivity index (χ1) is 9.26. The summed E-state index contributed by atoms with van der Waals surface area (Å²) in [7, 11) is 1.38. The third-order valence-electron chi connectivity index (χ3n) is 3.02. The van der Waals surface area contributed by atoms with Crippen LogP contribution in [-0.4, -0.2) is 58.2 Å². The molecule has 0 aromatic carbocycles. The number of aliphatic hydroxyl groups excluding tert-OH is 1. The monoisotopic (exact) mass is 286 g/mol. The Hall–Kier alpha value is -2.09. The number of carboxylic acids is 1. The van der Waals surface area contributed by atoms with E-state index in [0.717, 1.165) is 11.8 Å². The van der Waals surface area contributed by atoms with Crippen molar-refractivity contribution in [2.45, 2.75) is 31.9 Å². The molecule has 20 heavy (non-hydrogen) atoms. The molecule has 1 aliphatic rings. The molecule has 2 unspecified atom stereocenters. The van der Waals surface area contributed by atoms with Crippen molar-refractivity contribution >= 4 is 17.8 Å². The molecule has 0 aromatic heterocycles. The smallest absolute Gasteiger partial charge is 0.306 e. The van der Waals surface area contributed by atoms with Crippen LogP contribution in [0.15, 0.2) is 12.0 Å². The van der Waals surface area contributed by atoms with Crippen molar-refractivity contribution < 1.29 is 29.3 Å². The molecule has 2 atom stereocenters. The molecule has 1 saturated heterocycles. The number of likely N-dealkylation sites (N-methyl/N-ethyl adjacent to an activating group) is 1. The van der Waals surface area contributed by atoms with E-state index < -0.39 is 35.8 Å². The summed E-state index contributed by atoms with van der Waals surface area (Å²) in [6.45, 7) is 3.19. The van der Waals surface area contributed by atoms with Gasteiger partial charge in [-0.3, -0.25) is 14.4 Å². The number of rotatable bonds is 5. The van der Waals surface area contributed by atoms with Gasteiger partial charge >= 0.3 is 5.97 Å². The summed E-state index contributed by atoms with van der Waals surface area (Å²) in [6, 6.07) is 0. The van der Waals surface area contributed by atoms with E-state index in [1.54, 1.807) is 6.92 Å². The van der Waals surface area contributed by atoms with Crippen LogP contribution < -0.4 is 5.32 Å². The molecule has 8 heteroatoms. The fourth-order valence-electron chi connectivity index (χ4n) is 2.17. The van der Waals surface area contributed by atoms with Crippen molar-refractivity contribution in [2.24, 2.45) is 0 Å². The van der Waals surface area contributed by atoms with Gasteiger partial charge in [-0.25, -0.2) is 0 Å². The van der Waals surface area contributed by atoms with Gasteiger partial charge < -0.3 is 25.2 Å². The predicted octanol–water partition coefficient (Wildman–Crippen LogP) is -0.953. The third kappa shape index (κ3) is 2.74. The van der Waals surface area contributed by atoms with Gasteiger partial charge in [0.05, 0.1) is 18.7 Å². The first-order valence-corrected chi connectivity index (χ1v) is 6.04. The molecule has 1 fully saturated rings. The topological polar surface area (TPSA) is 116 Å². The second kappa shape index (κ2) is 5.91. The number of ether oxygens (including phenoxy) is 1. The molecule has 0 aliphatic carbocycles. The van der Waals surface area contributed by atoms with E-state index in [-0.39, 0.29) is 5.70 Å². The minimum Gasteiger partial charge on any atom is -0.500 e. The summed E-state index contributed by atoms with van der Waals surface area (Å²) in [5, 5.41) is 21.5. The highest BCUT2D eigenvalue weighted by molar-refractivity contribution is 5.98. The van der Waals surface area contributed by atoms with E-state index in [2.05, 4.69) is 5.32 Å². The summed E-state index contributed by atoms with van der Waals surface area (Å²) in [6.07, 6.45) is -1.03. The maximum Gasteiger partial charge on any atom is 0.306 e. The van der Waals surface area contributed by atoms with E-state index >= 15 is 0 Å². The Morgan fingerprint density at radius 2 is 2.15 bits per heavy atom. The number of nitrogens with one attached hydrogen (secondary N) is 1. The number of carbonyl (C=O) groups excluding carboxylic acids is 2. The van der Waals surface area contributed by atoms with E-state index in [1.165, 1.54) is 13.3 Å². The van der Waals surface area contributed by atoms with E-state index in [1.807, 2.05) is 0 Å². The lowest BCUT2D eigenvalue weighted by atomic mass is 9.89. The van der Waals surface area contributed by atoms with Gasteiger partial charge in [0.1, 0.15) is 12.4 Å². The minimum atomic E-state index is -1.91. The SMILES string of the molecule is CCOC=C1C(O)C(CC(=O)O)(NC(C)=O)C(=O)N1C. The Labute approximate surface area is 116 Å². The van der Waals surface area contributed by atoms with E-state index in [4.69, 9.17) is 9.84 Å². The second-order valence-electron chi connectivity index (χ2n) is 4.49. The fraction of sp³-hybridized carbons (Fsp3) is 0.583. The first-order valence-electron chi connectivity index (χ1n) is 6.04. The van der Waals surface area contributed by atoms with Crippen LogP contribution in [-0.2, 0) is 19.1 Å². The van der Waals surface area contributed by atoms with Gasteiger partial charge in [-0.05, 0) is 6.92 Å². The summed E-state index contributed by atoms with van der Waals surface area (Å²) >= 11 is 0. The number of amides is 2. The van der Waals surface area contributed by atoms with E-state index in [9.17, 15) is 19.5 Å². The van der Waals surface area contributed by atoms with Crippen LogP contribution in [0, 0.1) is 0 Å². The standard InChI is InChI=1S/C12H18N2O6/c1-4-20-6-8-10(18)12(5-9(16)17,13-7(2)15)11(19)14(8)3/h6,10,18H,4-5H2,1-3H3,(H,13,15)(H,16,17). The minimum absolute atomic E-state index is 0.104. The molecule has 1 heterocycles. The van der Waals surface area contributed by atoms with Crippen molar-refractivity contribution in [3.8, 4) is 0 Å². The maximum atomic E-state index is 12.3. The number of likely N-dealkylation sites (tertiary alicyclic amines) is 1. The Morgan fingerprint density at radius 3 is 2.60 bits per heavy atom. The van der Waals surface area contributed by atoms with Crippen molar-refractivity contribution in [2.75, 3.05) is 13.7 Å². The zero-order chi connectivity index (χ0) is 15.5. The molecule has 0 aromatic rings. The molecule has 8 nitrogen and oxygen atoms in total. The van der Waals surface area contributed by atoms with Crippen LogP contribution >= 0.6 is 0 Å². The molecule has 2 amide bonds. The molecular formula is C12H18N2O6.